The van der Waals surface area contributed by atoms with Crippen LogP contribution in [0.3, 0.4) is 0 Å². The third kappa shape index (κ3) is 2.77. The highest BCUT2D eigenvalue weighted by atomic mass is 35.5. The number of halogens is 1. The molecule has 0 saturated heterocycles. The Morgan fingerprint density at radius 3 is 2.54 bits per heavy atom. The predicted octanol–water partition coefficient (Wildman–Crippen LogP) is 4.21. The quantitative estimate of drug-likeness (QED) is 0.531. The molecule has 0 radical (unpaired) electrons. The van der Waals surface area contributed by atoms with Gasteiger partial charge in [-0.1, -0.05) is 41.9 Å². The van der Waals surface area contributed by atoms with Crippen LogP contribution in [0.4, 0.5) is 11.4 Å². The van der Waals surface area contributed by atoms with Crippen molar-refractivity contribution in [1.82, 2.24) is 0 Å². The van der Waals surface area contributed by atoms with Gasteiger partial charge in [-0.15, -0.1) is 0 Å². The van der Waals surface area contributed by atoms with E-state index in [1.54, 1.807) is 6.07 Å². The summed E-state index contributed by atoms with van der Waals surface area (Å²) in [6, 6.07) is 16.7. The fourth-order valence-electron chi connectivity index (χ4n) is 3.85. The molecule has 3 aromatic carbocycles. The summed E-state index contributed by atoms with van der Waals surface area (Å²) in [5, 5.41) is 2.74. The molecule has 0 atom stereocenters. The number of benzene rings is 3. The number of nitrogens with one attached hydrogen (secondary N) is 2. The van der Waals surface area contributed by atoms with Gasteiger partial charge in [-0.25, -0.2) is 8.42 Å². The number of hydrogen-bond acceptors (Lipinski definition) is 3. The lowest BCUT2D eigenvalue weighted by molar-refractivity contribution is -0.115. The summed E-state index contributed by atoms with van der Waals surface area (Å²) >= 11 is 6.19. The maximum Gasteiger partial charge on any atom is 0.263 e. The molecule has 5 rings (SSSR count). The molecule has 0 saturated carbocycles. The van der Waals surface area contributed by atoms with E-state index in [4.69, 9.17) is 11.6 Å². The molecule has 5 nitrogen and oxygen atoms in total. The fraction of sp³-hybridized carbons (Fsp3) is 0.0952. The molecule has 1 heterocycles. The van der Waals surface area contributed by atoms with Gasteiger partial charge in [0.15, 0.2) is 0 Å². The standard InChI is InChI=1S/C21H15ClN2O3S/c22-18-11-19-14(10-21(25)23-19)9-20(18)28(26,27)24-15-5-6-17-13(8-15)7-12-3-1-2-4-16(12)17/h1-6,8-9,11,24H,7,10H2,(H,23,25). The van der Waals surface area contributed by atoms with Crippen molar-refractivity contribution in [3.63, 3.8) is 0 Å². The van der Waals surface area contributed by atoms with Crippen LogP contribution in [0, 0.1) is 0 Å². The molecule has 7 heteroatoms. The molecule has 0 aromatic heterocycles. The van der Waals surface area contributed by atoms with Gasteiger partial charge in [-0.3, -0.25) is 9.52 Å². The summed E-state index contributed by atoms with van der Waals surface area (Å²) in [6.07, 6.45) is 0.917. The zero-order valence-corrected chi connectivity index (χ0v) is 16.2. The normalized spacial score (nSPS) is 14.2. The lowest BCUT2D eigenvalue weighted by Gasteiger charge is -2.12. The molecule has 0 bridgehead atoms. The van der Waals surface area contributed by atoms with Crippen molar-refractivity contribution >= 4 is 38.9 Å². The van der Waals surface area contributed by atoms with Gasteiger partial charge < -0.3 is 5.32 Å². The second kappa shape index (κ2) is 6.09. The van der Waals surface area contributed by atoms with Crippen LogP contribution in [0.5, 0.6) is 0 Å². The molecular formula is C21H15ClN2O3S. The van der Waals surface area contributed by atoms with Gasteiger partial charge >= 0.3 is 0 Å². The summed E-state index contributed by atoms with van der Waals surface area (Å²) in [5.41, 5.74) is 6.29. The van der Waals surface area contributed by atoms with Gasteiger partial charge in [0.25, 0.3) is 10.0 Å². The van der Waals surface area contributed by atoms with E-state index in [9.17, 15) is 13.2 Å². The van der Waals surface area contributed by atoms with Gasteiger partial charge in [-0.2, -0.15) is 0 Å². The maximum absolute atomic E-state index is 12.9. The van der Waals surface area contributed by atoms with E-state index in [-0.39, 0.29) is 22.2 Å². The summed E-state index contributed by atoms with van der Waals surface area (Å²) in [6.45, 7) is 0. The maximum atomic E-state index is 12.9. The summed E-state index contributed by atoms with van der Waals surface area (Å²) in [4.78, 5) is 11.5. The van der Waals surface area contributed by atoms with Crippen molar-refractivity contribution in [3.8, 4) is 11.1 Å². The number of carbonyl (C=O) groups is 1. The first-order chi connectivity index (χ1) is 13.4. The van der Waals surface area contributed by atoms with Gasteiger partial charge in [0.1, 0.15) is 4.90 Å². The van der Waals surface area contributed by atoms with Gasteiger partial charge in [0.2, 0.25) is 5.91 Å². The fourth-order valence-corrected chi connectivity index (χ4v) is 5.48. The Kier molecular flexibility index (Phi) is 3.76. The Labute approximate surface area is 167 Å². The lowest BCUT2D eigenvalue weighted by atomic mass is 10.1. The van der Waals surface area contributed by atoms with E-state index < -0.39 is 10.0 Å². The second-order valence-electron chi connectivity index (χ2n) is 6.98. The lowest BCUT2D eigenvalue weighted by Crippen LogP contribution is -2.14. The van der Waals surface area contributed by atoms with E-state index >= 15 is 0 Å². The largest absolute Gasteiger partial charge is 0.325 e. The van der Waals surface area contributed by atoms with Gasteiger partial charge in [-0.05, 0) is 58.5 Å². The van der Waals surface area contributed by atoms with Crippen molar-refractivity contribution < 1.29 is 13.2 Å². The van der Waals surface area contributed by atoms with E-state index in [2.05, 4.69) is 22.2 Å². The number of fused-ring (bicyclic) bond motifs is 4. The van der Waals surface area contributed by atoms with E-state index in [0.717, 1.165) is 17.5 Å². The molecule has 28 heavy (non-hydrogen) atoms. The van der Waals surface area contributed by atoms with E-state index in [1.807, 2.05) is 24.3 Å². The minimum Gasteiger partial charge on any atom is -0.325 e. The number of amides is 1. The smallest absolute Gasteiger partial charge is 0.263 e. The van der Waals surface area contributed by atoms with Crippen LogP contribution >= 0.6 is 11.6 Å². The minimum absolute atomic E-state index is 0.0341. The molecule has 140 valence electrons. The molecule has 2 aliphatic rings. The Morgan fingerprint density at radius 1 is 0.893 bits per heavy atom. The van der Waals surface area contributed by atoms with Crippen molar-refractivity contribution in [2.24, 2.45) is 0 Å². The third-order valence-corrected chi connectivity index (χ3v) is 6.96. The van der Waals surface area contributed by atoms with Crippen molar-refractivity contribution in [2.75, 3.05) is 10.0 Å². The van der Waals surface area contributed by atoms with Crippen LogP contribution in [0.15, 0.2) is 59.5 Å². The Hall–Kier alpha value is -2.83. The number of sulfonamides is 1. The topological polar surface area (TPSA) is 75.3 Å². The highest BCUT2D eigenvalue weighted by molar-refractivity contribution is 7.92. The molecule has 2 N–H and O–H groups in total. The average molecular weight is 411 g/mol. The number of carbonyl (C=O) groups excluding carboxylic acids is 1. The van der Waals surface area contributed by atoms with Crippen LogP contribution in [0.1, 0.15) is 16.7 Å². The first kappa shape index (κ1) is 17.3. The number of anilines is 2. The first-order valence-corrected chi connectivity index (χ1v) is 10.6. The highest BCUT2D eigenvalue weighted by Gasteiger charge is 2.26. The van der Waals surface area contributed by atoms with Crippen LogP contribution < -0.4 is 10.0 Å². The average Bonchev–Trinajstić information content (AvgIpc) is 3.18. The predicted molar refractivity (Wildman–Crippen MR) is 109 cm³/mol. The first-order valence-electron chi connectivity index (χ1n) is 8.77. The van der Waals surface area contributed by atoms with Crippen LogP contribution in [-0.2, 0) is 27.7 Å². The van der Waals surface area contributed by atoms with Gasteiger partial charge in [0, 0.05) is 11.4 Å². The third-order valence-electron chi connectivity index (χ3n) is 5.12. The highest BCUT2D eigenvalue weighted by Crippen LogP contribution is 2.38. The summed E-state index contributed by atoms with van der Waals surface area (Å²) in [5.74, 6) is -0.174. The molecule has 1 aliphatic carbocycles. The Balaban J connectivity index is 1.48. The van der Waals surface area contributed by atoms with Crippen molar-refractivity contribution in [2.45, 2.75) is 17.7 Å². The minimum atomic E-state index is -3.89. The Morgan fingerprint density at radius 2 is 1.68 bits per heavy atom. The zero-order chi connectivity index (χ0) is 19.5. The van der Waals surface area contributed by atoms with Crippen LogP contribution in [-0.4, -0.2) is 14.3 Å². The SMILES string of the molecule is O=C1Cc2cc(S(=O)(=O)Nc3ccc4c(c3)Cc3ccccc3-4)c(Cl)cc2N1. The van der Waals surface area contributed by atoms with Gasteiger partial charge in [0.05, 0.1) is 11.4 Å². The molecule has 1 aliphatic heterocycles. The number of hydrogen-bond donors (Lipinski definition) is 2. The zero-order valence-electron chi connectivity index (χ0n) is 14.6. The van der Waals surface area contributed by atoms with E-state index in [0.29, 0.717) is 16.9 Å². The number of rotatable bonds is 3. The van der Waals surface area contributed by atoms with Crippen LogP contribution in [0.2, 0.25) is 5.02 Å². The molecular weight excluding hydrogens is 396 g/mol. The molecule has 1 amide bonds. The van der Waals surface area contributed by atoms with Crippen LogP contribution in [0.25, 0.3) is 11.1 Å². The Bertz CT molecular complexity index is 1270. The molecule has 3 aromatic rings. The monoisotopic (exact) mass is 410 g/mol. The summed E-state index contributed by atoms with van der Waals surface area (Å²) in [7, 11) is -3.89. The van der Waals surface area contributed by atoms with Crippen molar-refractivity contribution in [3.05, 3.63) is 76.3 Å². The molecule has 0 spiro atoms. The molecule has 0 unspecified atom stereocenters. The second-order valence-corrected chi connectivity index (χ2v) is 9.03. The molecule has 0 fully saturated rings. The van der Waals surface area contributed by atoms with Crippen molar-refractivity contribution in [1.29, 1.82) is 0 Å². The van der Waals surface area contributed by atoms with E-state index in [1.165, 1.54) is 23.3 Å². The summed E-state index contributed by atoms with van der Waals surface area (Å²) < 4.78 is 28.5.